The molecule has 2 heterocycles. The van der Waals surface area contributed by atoms with Crippen LogP contribution in [-0.4, -0.2) is 142 Å². The van der Waals surface area contributed by atoms with Crippen LogP contribution < -0.4 is 0 Å². The molecule has 15 heteroatoms. The van der Waals surface area contributed by atoms with Crippen molar-refractivity contribution in [3.8, 4) is 0 Å². The van der Waals surface area contributed by atoms with Gasteiger partial charge in [-0.1, -0.05) is 229 Å². The maximum atomic E-state index is 13.1. The molecule has 0 radical (unpaired) electrons. The summed E-state index contributed by atoms with van der Waals surface area (Å²) in [6.45, 7) is 2.52. The van der Waals surface area contributed by atoms with E-state index >= 15 is 0 Å². The number of hydrogen-bond donors (Lipinski definition) is 7. The van der Waals surface area contributed by atoms with Crippen molar-refractivity contribution in [3.63, 3.8) is 0 Å². The summed E-state index contributed by atoms with van der Waals surface area (Å²) in [7, 11) is 0. The molecule has 2 saturated heterocycles. The SMILES string of the molecule is CC/C=C\C/C=C\C/C=C\C/C=C\CCCCCCCCCCCCC(=O)OC(COC(=O)CCCCCCCCCCCCC/C=C\CCCCCCCCCC)COC1OC(COC2OC(CO)C(O)C(O)C2O)C(O)C(O)C1O. The molecule has 7 N–H and O–H groups in total. The normalized spacial score (nSPS) is 23.8. The summed E-state index contributed by atoms with van der Waals surface area (Å²) in [5.41, 5.74) is 0. The molecule has 2 fully saturated rings. The lowest BCUT2D eigenvalue weighted by atomic mass is 9.98. The molecule has 0 aromatic carbocycles. The lowest BCUT2D eigenvalue weighted by Crippen LogP contribution is -2.61. The van der Waals surface area contributed by atoms with Gasteiger partial charge < -0.3 is 64.2 Å². The van der Waals surface area contributed by atoms with Gasteiger partial charge in [-0.25, -0.2) is 0 Å². The molecule has 0 aliphatic carbocycles. The second-order valence-electron chi connectivity index (χ2n) is 22.9. The largest absolute Gasteiger partial charge is 0.462 e. The van der Waals surface area contributed by atoms with Gasteiger partial charge in [-0.15, -0.1) is 0 Å². The van der Waals surface area contributed by atoms with Crippen LogP contribution >= 0.6 is 0 Å². The molecule has 0 saturated carbocycles. The maximum absolute atomic E-state index is 13.1. The van der Waals surface area contributed by atoms with Gasteiger partial charge in [-0.2, -0.15) is 0 Å². The minimum absolute atomic E-state index is 0.159. The lowest BCUT2D eigenvalue weighted by Gasteiger charge is -2.42. The monoisotopic (exact) mass is 1160 g/mol. The Balaban J connectivity index is 1.70. The first-order valence-corrected chi connectivity index (χ1v) is 32.9. The number of unbranched alkanes of at least 4 members (excludes halogenated alkanes) is 29. The van der Waals surface area contributed by atoms with Gasteiger partial charge in [-0.05, 0) is 77.0 Å². The number of aliphatic hydroxyl groups excluding tert-OH is 7. The Kier molecular flexibility index (Phi) is 48.2. The number of rotatable bonds is 53. The van der Waals surface area contributed by atoms with Crippen molar-refractivity contribution in [2.24, 2.45) is 0 Å². The molecular weight excluding hydrogens is 1040 g/mol. The summed E-state index contributed by atoms with van der Waals surface area (Å²) in [6, 6.07) is 0. The Bertz CT molecular complexity index is 1650. The average Bonchev–Trinajstić information content (AvgIpc) is 3.68. The standard InChI is InChI=1S/C67H118O15/c1-3-5-7-9-11-13-15-17-19-21-23-25-27-29-31-33-35-37-39-41-43-45-47-49-58(69)77-52-55(53-78-66-65(76)63(74)61(72)57(82-66)54-79-67-64(75)62(73)60(71)56(51-68)81-67)80-59(70)50-48-46-44-42-40-38-36-34-32-30-28-26-24-22-20-18-16-14-12-10-8-6-4-2/h6,8,12,14,18,20-21,23-24,26,55-57,60-68,71-76H,3-5,7,9-11,13,15-17,19,22,25,27-54H2,1-2H3/b8-6-,14-12-,20-18-,23-21-,26-24-. The fraction of sp³-hybridized carbons (Fsp3) is 0.821. The predicted octanol–water partition coefficient (Wildman–Crippen LogP) is 12.7. The maximum Gasteiger partial charge on any atom is 0.306 e. The zero-order valence-electron chi connectivity index (χ0n) is 51.2. The van der Waals surface area contributed by atoms with Crippen LogP contribution in [0.15, 0.2) is 60.8 Å². The van der Waals surface area contributed by atoms with Gasteiger partial charge in [-0.3, -0.25) is 9.59 Å². The zero-order chi connectivity index (χ0) is 59.5. The van der Waals surface area contributed by atoms with Crippen molar-refractivity contribution in [1.29, 1.82) is 0 Å². The van der Waals surface area contributed by atoms with E-state index in [1.54, 1.807) is 0 Å². The molecule has 2 aliphatic rings. The average molecular weight is 1160 g/mol. The highest BCUT2D eigenvalue weighted by atomic mass is 16.7. The molecule has 0 amide bonds. The minimum atomic E-state index is -1.77. The van der Waals surface area contributed by atoms with Gasteiger partial charge in [0.15, 0.2) is 18.7 Å². The Hall–Kier alpha value is -2.80. The molecule has 0 aromatic rings. The fourth-order valence-corrected chi connectivity index (χ4v) is 10.2. The van der Waals surface area contributed by atoms with Gasteiger partial charge in [0.1, 0.15) is 55.4 Å². The van der Waals surface area contributed by atoms with Crippen LogP contribution in [0.1, 0.15) is 258 Å². The molecule has 0 bridgehead atoms. The molecule has 2 rings (SSSR count). The Morgan fingerprint density at radius 2 is 0.768 bits per heavy atom. The number of ether oxygens (including phenoxy) is 6. The highest BCUT2D eigenvalue weighted by Crippen LogP contribution is 2.27. The van der Waals surface area contributed by atoms with Gasteiger partial charge in [0, 0.05) is 12.8 Å². The summed E-state index contributed by atoms with van der Waals surface area (Å²) >= 11 is 0. The summed E-state index contributed by atoms with van der Waals surface area (Å²) in [4.78, 5) is 26.0. The predicted molar refractivity (Wildman–Crippen MR) is 326 cm³/mol. The van der Waals surface area contributed by atoms with Crippen molar-refractivity contribution in [2.45, 2.75) is 325 Å². The van der Waals surface area contributed by atoms with Crippen molar-refractivity contribution in [1.82, 2.24) is 0 Å². The minimum Gasteiger partial charge on any atom is -0.462 e. The van der Waals surface area contributed by atoms with Crippen LogP contribution in [0.2, 0.25) is 0 Å². The lowest BCUT2D eigenvalue weighted by molar-refractivity contribution is -0.332. The highest BCUT2D eigenvalue weighted by Gasteiger charge is 2.47. The third-order valence-corrected chi connectivity index (χ3v) is 15.5. The summed E-state index contributed by atoms with van der Waals surface area (Å²) in [5, 5.41) is 72.5. The molecule has 476 valence electrons. The van der Waals surface area contributed by atoms with Crippen LogP contribution in [-0.2, 0) is 38.0 Å². The third kappa shape index (κ3) is 38.3. The second-order valence-corrected chi connectivity index (χ2v) is 22.9. The van der Waals surface area contributed by atoms with Crippen molar-refractivity contribution >= 4 is 11.9 Å². The second kappa shape index (κ2) is 52.5. The van der Waals surface area contributed by atoms with Crippen LogP contribution in [0.3, 0.4) is 0 Å². The van der Waals surface area contributed by atoms with Gasteiger partial charge in [0.25, 0.3) is 0 Å². The van der Waals surface area contributed by atoms with Crippen LogP contribution in [0.25, 0.3) is 0 Å². The molecule has 11 atom stereocenters. The van der Waals surface area contributed by atoms with E-state index in [0.29, 0.717) is 12.8 Å². The highest BCUT2D eigenvalue weighted by molar-refractivity contribution is 5.70. The Morgan fingerprint density at radius 1 is 0.402 bits per heavy atom. The smallest absolute Gasteiger partial charge is 0.306 e. The quantitative estimate of drug-likeness (QED) is 0.0171. The number of carbonyl (C=O) groups is 2. The van der Waals surface area contributed by atoms with Gasteiger partial charge in [0.2, 0.25) is 0 Å². The Labute approximate surface area is 496 Å². The van der Waals surface area contributed by atoms with Crippen LogP contribution in [0.4, 0.5) is 0 Å². The van der Waals surface area contributed by atoms with E-state index in [2.05, 4.69) is 74.6 Å². The topological polar surface area (TPSA) is 231 Å². The van der Waals surface area contributed by atoms with Gasteiger partial charge >= 0.3 is 11.9 Å². The van der Waals surface area contributed by atoms with Crippen molar-refractivity contribution < 1.29 is 73.8 Å². The van der Waals surface area contributed by atoms with E-state index in [4.69, 9.17) is 28.4 Å². The number of hydrogen-bond acceptors (Lipinski definition) is 15. The van der Waals surface area contributed by atoms with E-state index in [0.717, 1.165) is 77.0 Å². The molecule has 82 heavy (non-hydrogen) atoms. The number of allylic oxidation sites excluding steroid dienone is 10. The number of carbonyl (C=O) groups excluding carboxylic acids is 2. The van der Waals surface area contributed by atoms with Crippen molar-refractivity contribution in [2.75, 3.05) is 26.4 Å². The van der Waals surface area contributed by atoms with E-state index in [9.17, 15) is 45.3 Å². The summed E-state index contributed by atoms with van der Waals surface area (Å²) in [5.74, 6) is -0.923. The number of esters is 2. The summed E-state index contributed by atoms with van der Waals surface area (Å²) in [6.07, 6.45) is 48.1. The van der Waals surface area contributed by atoms with E-state index in [1.807, 2.05) is 0 Å². The van der Waals surface area contributed by atoms with E-state index in [1.165, 1.54) is 141 Å². The molecular formula is C67H118O15. The van der Waals surface area contributed by atoms with E-state index in [-0.39, 0.29) is 26.1 Å². The first-order chi connectivity index (χ1) is 40.0. The van der Waals surface area contributed by atoms with Crippen LogP contribution in [0.5, 0.6) is 0 Å². The van der Waals surface area contributed by atoms with Crippen LogP contribution in [0, 0.1) is 0 Å². The molecule has 2 aliphatic heterocycles. The third-order valence-electron chi connectivity index (χ3n) is 15.5. The first kappa shape index (κ1) is 75.3. The summed E-state index contributed by atoms with van der Waals surface area (Å²) < 4.78 is 33.8. The molecule has 15 nitrogen and oxygen atoms in total. The molecule has 0 aromatic heterocycles. The fourth-order valence-electron chi connectivity index (χ4n) is 10.2. The number of aliphatic hydroxyl groups is 7. The first-order valence-electron chi connectivity index (χ1n) is 32.9. The molecule has 11 unspecified atom stereocenters. The zero-order valence-corrected chi connectivity index (χ0v) is 51.2. The molecule has 0 spiro atoms. The van der Waals surface area contributed by atoms with Crippen molar-refractivity contribution in [3.05, 3.63) is 60.8 Å². The Morgan fingerprint density at radius 3 is 1.22 bits per heavy atom. The van der Waals surface area contributed by atoms with E-state index < -0.39 is 92.7 Å². The van der Waals surface area contributed by atoms with Gasteiger partial charge in [0.05, 0.1) is 19.8 Å².